The average Bonchev–Trinajstić information content (AvgIpc) is 2.25. The van der Waals surface area contributed by atoms with Gasteiger partial charge in [0.05, 0.1) is 0 Å². The third kappa shape index (κ3) is 0.884. The van der Waals surface area contributed by atoms with Gasteiger partial charge in [0.15, 0.2) is 0 Å². The molecule has 88 valence electrons. The zero-order valence-electron chi connectivity index (χ0n) is 9.46. The van der Waals surface area contributed by atoms with Crippen LogP contribution in [0.5, 0.6) is 0 Å². The summed E-state index contributed by atoms with van der Waals surface area (Å²) in [6.07, 6.45) is 9.61. The van der Waals surface area contributed by atoms with Gasteiger partial charge >= 0.3 is 0 Å². The first-order valence-electron chi connectivity index (χ1n) is 6.99. The van der Waals surface area contributed by atoms with Gasteiger partial charge in [-0.25, -0.2) is 0 Å². The molecule has 0 aromatic heterocycles. The standard InChI is InChI=1S/C14H18I2/c15-13-5-7-1-9-10-2-8(4-11(9)13)6-14(13,16)12(10)3-7/h7-12H,1-6H2. The van der Waals surface area contributed by atoms with Crippen molar-refractivity contribution >= 4 is 45.2 Å². The smallest absolute Gasteiger partial charge is 0.0404 e. The minimum Gasteiger partial charge on any atom is -0.0771 e. The molecule has 0 N–H and O–H groups in total. The van der Waals surface area contributed by atoms with Gasteiger partial charge in [-0.15, -0.1) is 0 Å². The van der Waals surface area contributed by atoms with Gasteiger partial charge in [-0.1, -0.05) is 45.2 Å². The van der Waals surface area contributed by atoms with Crippen LogP contribution in [0.2, 0.25) is 0 Å². The van der Waals surface area contributed by atoms with Crippen LogP contribution in [0.15, 0.2) is 0 Å². The highest BCUT2D eigenvalue weighted by atomic mass is 127. The van der Waals surface area contributed by atoms with E-state index in [0.29, 0.717) is 0 Å². The molecule has 7 saturated carbocycles. The van der Waals surface area contributed by atoms with Crippen LogP contribution in [0.1, 0.15) is 38.5 Å². The lowest BCUT2D eigenvalue weighted by atomic mass is 9.36. The number of hydrogen-bond donors (Lipinski definition) is 0. The Labute approximate surface area is 125 Å². The van der Waals surface area contributed by atoms with Gasteiger partial charge in [0, 0.05) is 6.84 Å². The second-order valence-corrected chi connectivity index (χ2v) is 11.2. The van der Waals surface area contributed by atoms with Crippen molar-refractivity contribution in [1.82, 2.24) is 0 Å². The van der Waals surface area contributed by atoms with Crippen LogP contribution in [-0.4, -0.2) is 6.84 Å². The third-order valence-electron chi connectivity index (χ3n) is 7.01. The van der Waals surface area contributed by atoms with Crippen molar-refractivity contribution < 1.29 is 0 Å². The Kier molecular flexibility index (Phi) is 1.80. The van der Waals surface area contributed by atoms with E-state index in [2.05, 4.69) is 45.2 Å². The molecule has 0 heterocycles. The molecule has 7 rings (SSSR count). The van der Waals surface area contributed by atoms with Crippen LogP contribution < -0.4 is 0 Å². The minimum absolute atomic E-state index is 0.718. The highest BCUT2D eigenvalue weighted by molar-refractivity contribution is 14.1. The normalized spacial score (nSPS) is 73.9. The molecule has 16 heavy (non-hydrogen) atoms. The van der Waals surface area contributed by atoms with Crippen LogP contribution in [-0.2, 0) is 0 Å². The van der Waals surface area contributed by atoms with E-state index in [1.807, 2.05) is 0 Å². The van der Waals surface area contributed by atoms with Crippen LogP contribution in [0, 0.1) is 35.5 Å². The third-order valence-corrected chi connectivity index (χ3v) is 12.4. The summed E-state index contributed by atoms with van der Waals surface area (Å²) in [6.45, 7) is 0. The Hall–Kier alpha value is 1.46. The zero-order chi connectivity index (χ0) is 10.7. The fourth-order valence-electron chi connectivity index (χ4n) is 6.79. The molecule has 0 amide bonds. The highest BCUT2D eigenvalue weighted by Gasteiger charge is 2.74. The lowest BCUT2D eigenvalue weighted by Crippen LogP contribution is -2.75. The Morgan fingerprint density at radius 1 is 0.688 bits per heavy atom. The first kappa shape index (κ1) is 10.3. The Bertz CT molecular complexity index is 345. The molecule has 7 fully saturated rings. The Morgan fingerprint density at radius 2 is 1.12 bits per heavy atom. The summed E-state index contributed by atoms with van der Waals surface area (Å²) in [5.41, 5.74) is 0. The molecule has 7 aliphatic rings. The average molecular weight is 440 g/mol. The monoisotopic (exact) mass is 440 g/mol. The fraction of sp³-hybridized carbons (Fsp3) is 1.00. The van der Waals surface area contributed by atoms with Crippen LogP contribution in [0.3, 0.4) is 0 Å². The van der Waals surface area contributed by atoms with Crippen molar-refractivity contribution in [1.29, 1.82) is 0 Å². The van der Waals surface area contributed by atoms with Gasteiger partial charge in [-0.05, 0) is 74.0 Å². The summed E-state index contributed by atoms with van der Waals surface area (Å²) in [7, 11) is 0. The van der Waals surface area contributed by atoms with Crippen molar-refractivity contribution in [2.24, 2.45) is 35.5 Å². The molecule has 0 nitrogen and oxygen atoms in total. The number of alkyl halides is 2. The summed E-state index contributed by atoms with van der Waals surface area (Å²) in [5, 5.41) is 0. The molecule has 8 bridgehead atoms. The van der Waals surface area contributed by atoms with E-state index in [1.54, 1.807) is 38.5 Å². The Morgan fingerprint density at radius 3 is 1.56 bits per heavy atom. The van der Waals surface area contributed by atoms with Gasteiger partial charge in [0.2, 0.25) is 0 Å². The van der Waals surface area contributed by atoms with Crippen LogP contribution in [0.25, 0.3) is 0 Å². The SMILES string of the molecule is IC12CC3CC4C5CC(CC41)CC2(I)C5C3. The molecule has 0 aromatic carbocycles. The summed E-state index contributed by atoms with van der Waals surface area (Å²) in [6, 6.07) is 0. The lowest BCUT2D eigenvalue weighted by molar-refractivity contribution is -0.160. The highest BCUT2D eigenvalue weighted by Crippen LogP contribution is 2.78. The van der Waals surface area contributed by atoms with Gasteiger partial charge in [0.25, 0.3) is 0 Å². The topological polar surface area (TPSA) is 0 Å². The first-order valence-corrected chi connectivity index (χ1v) is 9.15. The summed E-state index contributed by atoms with van der Waals surface area (Å²) >= 11 is 5.89. The molecule has 7 aliphatic carbocycles. The van der Waals surface area contributed by atoms with E-state index in [4.69, 9.17) is 0 Å². The zero-order valence-corrected chi connectivity index (χ0v) is 13.8. The largest absolute Gasteiger partial charge is 0.0771 e. The van der Waals surface area contributed by atoms with E-state index in [1.165, 1.54) is 0 Å². The lowest BCUT2D eigenvalue weighted by Gasteiger charge is -2.76. The molecular weight excluding hydrogens is 422 g/mol. The van der Waals surface area contributed by atoms with Crippen molar-refractivity contribution in [3.63, 3.8) is 0 Å². The maximum atomic E-state index is 2.95. The predicted octanol–water partition coefficient (Wildman–Crippen LogP) is 4.44. The molecule has 0 aliphatic heterocycles. The predicted molar refractivity (Wildman–Crippen MR) is 82.1 cm³/mol. The second kappa shape index (κ2) is 2.80. The van der Waals surface area contributed by atoms with Gasteiger partial charge in [-0.2, -0.15) is 0 Å². The summed E-state index contributed by atoms with van der Waals surface area (Å²) in [4.78, 5) is 0. The van der Waals surface area contributed by atoms with Crippen molar-refractivity contribution in [2.75, 3.05) is 0 Å². The maximum Gasteiger partial charge on any atom is 0.0404 e. The van der Waals surface area contributed by atoms with E-state index < -0.39 is 0 Å². The van der Waals surface area contributed by atoms with E-state index in [9.17, 15) is 0 Å². The summed E-state index contributed by atoms with van der Waals surface area (Å²) in [5.74, 6) is 6.81. The van der Waals surface area contributed by atoms with Gasteiger partial charge in [0.1, 0.15) is 0 Å². The van der Waals surface area contributed by atoms with E-state index in [-0.39, 0.29) is 0 Å². The van der Waals surface area contributed by atoms with Crippen LogP contribution >= 0.6 is 45.2 Å². The fourth-order valence-corrected chi connectivity index (χ4v) is 10.7. The molecular formula is C14H18I2. The van der Waals surface area contributed by atoms with Crippen molar-refractivity contribution in [3.8, 4) is 0 Å². The number of halogens is 2. The molecule has 0 aromatic rings. The maximum absolute atomic E-state index is 2.95. The van der Waals surface area contributed by atoms with Crippen LogP contribution in [0.4, 0.5) is 0 Å². The van der Waals surface area contributed by atoms with E-state index in [0.717, 1.165) is 42.4 Å². The molecule has 2 heteroatoms. The first-order chi connectivity index (χ1) is 7.62. The number of hydrogen-bond acceptors (Lipinski definition) is 0. The quantitative estimate of drug-likeness (QED) is 0.386. The second-order valence-electron chi connectivity index (χ2n) is 7.35. The molecule has 8 atom stereocenters. The summed E-state index contributed by atoms with van der Waals surface area (Å²) < 4.78 is 1.44. The molecule has 0 spiro atoms. The van der Waals surface area contributed by atoms with E-state index >= 15 is 0 Å². The molecule has 0 saturated heterocycles. The minimum atomic E-state index is 0.718. The van der Waals surface area contributed by atoms with Gasteiger partial charge in [-0.3, -0.25) is 0 Å². The van der Waals surface area contributed by atoms with Crippen molar-refractivity contribution in [3.05, 3.63) is 0 Å². The number of rotatable bonds is 0. The Balaban J connectivity index is 1.77. The van der Waals surface area contributed by atoms with Gasteiger partial charge < -0.3 is 0 Å². The molecule has 8 unspecified atom stereocenters. The molecule has 0 radical (unpaired) electrons. The van der Waals surface area contributed by atoms with Crippen molar-refractivity contribution in [2.45, 2.75) is 45.4 Å².